The number of anilines is 1. The first-order chi connectivity index (χ1) is 17.0. The van der Waals surface area contributed by atoms with Crippen LogP contribution < -0.4 is 14.4 Å². The number of ether oxygens (including phenoxy) is 1. The summed E-state index contributed by atoms with van der Waals surface area (Å²) in [4.78, 5) is 27.6. The molecule has 0 aliphatic heterocycles. The molecule has 0 aliphatic rings. The number of sulfonamides is 1. The molecule has 2 rings (SSSR count). The highest BCUT2D eigenvalue weighted by Crippen LogP contribution is 2.25. The summed E-state index contributed by atoms with van der Waals surface area (Å²) in [5.74, 6) is 0.230. The van der Waals surface area contributed by atoms with Crippen molar-refractivity contribution in [3.8, 4) is 5.75 Å². The van der Waals surface area contributed by atoms with Crippen LogP contribution in [0.4, 0.5) is 5.69 Å². The van der Waals surface area contributed by atoms with E-state index in [0.29, 0.717) is 24.4 Å². The van der Waals surface area contributed by atoms with Crippen LogP contribution in [0.5, 0.6) is 5.75 Å². The Hall–Kier alpha value is -3.07. The summed E-state index contributed by atoms with van der Waals surface area (Å²) in [6.07, 6.45) is 2.39. The lowest BCUT2D eigenvalue weighted by Crippen LogP contribution is -2.47. The first-order valence-corrected chi connectivity index (χ1v) is 14.1. The lowest BCUT2D eigenvalue weighted by molar-refractivity contribution is -0.140. The molecule has 0 saturated heterocycles. The minimum absolute atomic E-state index is 0.103. The molecule has 0 bridgehead atoms. The molecule has 2 amide bonds. The average molecular weight is 518 g/mol. The predicted octanol–water partition coefficient (Wildman–Crippen LogP) is 3.80. The molecule has 0 spiro atoms. The molecule has 36 heavy (non-hydrogen) atoms. The van der Waals surface area contributed by atoms with Crippen molar-refractivity contribution in [2.45, 2.75) is 59.5 Å². The number of hydrogen-bond donors (Lipinski definition) is 1. The van der Waals surface area contributed by atoms with Crippen molar-refractivity contribution < 1.29 is 22.7 Å². The maximum absolute atomic E-state index is 13.4. The summed E-state index contributed by atoms with van der Waals surface area (Å²) in [6, 6.07) is 12.2. The fourth-order valence-corrected chi connectivity index (χ4v) is 4.95. The molecule has 1 N–H and O–H groups in total. The van der Waals surface area contributed by atoms with Gasteiger partial charge in [-0.25, -0.2) is 8.42 Å². The Bertz CT molecular complexity index is 1150. The fourth-order valence-electron chi connectivity index (χ4n) is 3.93. The SMILES string of the molecule is CCCNC(=O)[C@H](C)N(Cc1cccc(OC)c1)C(=O)CCCN(c1cccc(C)c1C)S(C)(=O)=O. The van der Waals surface area contributed by atoms with Gasteiger partial charge in [-0.2, -0.15) is 0 Å². The van der Waals surface area contributed by atoms with Gasteiger partial charge in [0.1, 0.15) is 11.8 Å². The monoisotopic (exact) mass is 517 g/mol. The average Bonchev–Trinajstić information content (AvgIpc) is 2.84. The van der Waals surface area contributed by atoms with Gasteiger partial charge < -0.3 is 15.0 Å². The summed E-state index contributed by atoms with van der Waals surface area (Å²) < 4.78 is 31.8. The lowest BCUT2D eigenvalue weighted by Gasteiger charge is -2.30. The number of nitrogens with zero attached hydrogens (tertiary/aromatic N) is 2. The topological polar surface area (TPSA) is 96.0 Å². The number of hydrogen-bond acceptors (Lipinski definition) is 5. The molecule has 0 heterocycles. The first-order valence-electron chi connectivity index (χ1n) is 12.2. The van der Waals surface area contributed by atoms with Crippen molar-refractivity contribution in [2.24, 2.45) is 0 Å². The molecule has 0 aromatic heterocycles. The van der Waals surface area contributed by atoms with Gasteiger partial charge in [0, 0.05) is 26.1 Å². The van der Waals surface area contributed by atoms with E-state index in [1.54, 1.807) is 25.0 Å². The Morgan fingerprint density at radius 1 is 1.11 bits per heavy atom. The minimum atomic E-state index is -3.54. The number of amides is 2. The zero-order chi connectivity index (χ0) is 26.9. The summed E-state index contributed by atoms with van der Waals surface area (Å²) in [7, 11) is -1.97. The molecule has 0 unspecified atom stereocenters. The number of aryl methyl sites for hydroxylation is 1. The smallest absolute Gasteiger partial charge is 0.242 e. The van der Waals surface area contributed by atoms with Gasteiger partial charge in [0.2, 0.25) is 21.8 Å². The van der Waals surface area contributed by atoms with Crippen LogP contribution in [0.3, 0.4) is 0 Å². The van der Waals surface area contributed by atoms with Gasteiger partial charge in [0.05, 0.1) is 19.1 Å². The van der Waals surface area contributed by atoms with E-state index in [1.165, 1.54) is 10.6 Å². The Labute approximate surface area is 215 Å². The third kappa shape index (κ3) is 7.98. The van der Waals surface area contributed by atoms with E-state index in [1.807, 2.05) is 57.2 Å². The third-order valence-corrected chi connectivity index (χ3v) is 7.38. The fraction of sp³-hybridized carbons (Fsp3) is 0.481. The highest BCUT2D eigenvalue weighted by Gasteiger charge is 2.27. The van der Waals surface area contributed by atoms with Gasteiger partial charge >= 0.3 is 0 Å². The van der Waals surface area contributed by atoms with Gasteiger partial charge in [0.15, 0.2) is 0 Å². The number of carbonyl (C=O) groups excluding carboxylic acids is 2. The molecule has 2 aromatic rings. The van der Waals surface area contributed by atoms with Gasteiger partial charge in [-0.3, -0.25) is 13.9 Å². The number of rotatable bonds is 13. The molecule has 8 nitrogen and oxygen atoms in total. The van der Waals surface area contributed by atoms with Gasteiger partial charge in [-0.15, -0.1) is 0 Å². The zero-order valence-electron chi connectivity index (χ0n) is 22.2. The molecule has 1 atom stereocenters. The van der Waals surface area contributed by atoms with Crippen LogP contribution in [0.15, 0.2) is 42.5 Å². The van der Waals surface area contributed by atoms with Crippen molar-refractivity contribution in [1.29, 1.82) is 0 Å². The summed E-state index contributed by atoms with van der Waals surface area (Å²) in [6.45, 7) is 8.44. The van der Waals surface area contributed by atoms with E-state index < -0.39 is 16.1 Å². The van der Waals surface area contributed by atoms with Gasteiger partial charge in [-0.05, 0) is 68.5 Å². The van der Waals surface area contributed by atoms with Crippen molar-refractivity contribution in [1.82, 2.24) is 10.2 Å². The van der Waals surface area contributed by atoms with Crippen molar-refractivity contribution >= 4 is 27.5 Å². The Kier molecular flexibility index (Phi) is 10.8. The van der Waals surface area contributed by atoms with E-state index in [9.17, 15) is 18.0 Å². The van der Waals surface area contributed by atoms with Crippen molar-refractivity contribution in [3.63, 3.8) is 0 Å². The second-order valence-electron chi connectivity index (χ2n) is 9.00. The van der Waals surface area contributed by atoms with Crippen LogP contribution in [-0.2, 0) is 26.2 Å². The predicted molar refractivity (Wildman–Crippen MR) is 144 cm³/mol. The molecule has 198 valence electrons. The largest absolute Gasteiger partial charge is 0.497 e. The molecule has 0 radical (unpaired) electrons. The Balaban J connectivity index is 2.21. The van der Waals surface area contributed by atoms with Crippen LogP contribution >= 0.6 is 0 Å². The van der Waals surface area contributed by atoms with E-state index in [2.05, 4.69) is 5.32 Å². The van der Waals surface area contributed by atoms with Crippen molar-refractivity contribution in [3.05, 3.63) is 59.2 Å². The molecule has 0 fully saturated rings. The van der Waals surface area contributed by atoms with Crippen LogP contribution in [0.2, 0.25) is 0 Å². The number of nitrogens with one attached hydrogen (secondary N) is 1. The summed E-state index contributed by atoms with van der Waals surface area (Å²) in [5.41, 5.74) is 3.33. The highest BCUT2D eigenvalue weighted by atomic mass is 32.2. The first kappa shape index (κ1) is 29.2. The molecular formula is C27H39N3O5S. The Morgan fingerprint density at radius 2 is 1.81 bits per heavy atom. The minimum Gasteiger partial charge on any atom is -0.497 e. The maximum atomic E-state index is 13.4. The highest BCUT2D eigenvalue weighted by molar-refractivity contribution is 7.92. The van der Waals surface area contributed by atoms with Crippen LogP contribution in [0.25, 0.3) is 0 Å². The molecule has 0 saturated carbocycles. The maximum Gasteiger partial charge on any atom is 0.242 e. The second-order valence-corrected chi connectivity index (χ2v) is 10.9. The molecule has 9 heteroatoms. The third-order valence-electron chi connectivity index (χ3n) is 6.20. The normalized spacial score (nSPS) is 12.1. The molecular weight excluding hydrogens is 478 g/mol. The summed E-state index contributed by atoms with van der Waals surface area (Å²) >= 11 is 0. The summed E-state index contributed by atoms with van der Waals surface area (Å²) in [5, 5.41) is 2.86. The zero-order valence-corrected chi connectivity index (χ0v) is 23.0. The van der Waals surface area contributed by atoms with Gasteiger partial charge in [-0.1, -0.05) is 31.2 Å². The number of carbonyl (C=O) groups is 2. The van der Waals surface area contributed by atoms with Crippen LogP contribution in [0.1, 0.15) is 49.8 Å². The Morgan fingerprint density at radius 3 is 2.44 bits per heavy atom. The second kappa shape index (κ2) is 13.3. The van der Waals surface area contributed by atoms with Crippen LogP contribution in [-0.4, -0.2) is 57.6 Å². The van der Waals surface area contributed by atoms with E-state index in [4.69, 9.17) is 4.74 Å². The van der Waals surface area contributed by atoms with Gasteiger partial charge in [0.25, 0.3) is 0 Å². The van der Waals surface area contributed by atoms with E-state index in [0.717, 1.165) is 23.1 Å². The quantitative estimate of drug-likeness (QED) is 0.436. The standard InChI is InChI=1S/C27H39N3O5S/c1-7-16-28-27(32)22(4)29(19-23-12-9-13-24(18-23)35-5)26(31)15-10-17-30(36(6,33)34)25-14-8-11-20(2)21(25)3/h8-9,11-14,18,22H,7,10,15-17,19H2,1-6H3,(H,28,32)/t22-/m0/s1. The van der Waals surface area contributed by atoms with E-state index >= 15 is 0 Å². The molecule has 0 aliphatic carbocycles. The lowest BCUT2D eigenvalue weighted by atomic mass is 10.1. The number of methoxy groups -OCH3 is 1. The van der Waals surface area contributed by atoms with Crippen molar-refractivity contribution in [2.75, 3.05) is 30.8 Å². The van der Waals surface area contributed by atoms with Crippen LogP contribution in [0, 0.1) is 13.8 Å². The number of benzene rings is 2. The van der Waals surface area contributed by atoms with E-state index in [-0.39, 0.29) is 31.3 Å². The molecule has 2 aromatic carbocycles.